The highest BCUT2D eigenvalue weighted by Crippen LogP contribution is 2.07. The number of rotatable bonds is 7. The smallest absolute Gasteiger partial charge is 0.341 e. The zero-order valence-corrected chi connectivity index (χ0v) is 9.95. The maximum Gasteiger partial charge on any atom is 0.341 e. The van der Waals surface area contributed by atoms with Crippen LogP contribution in [0.5, 0.6) is 0 Å². The zero-order chi connectivity index (χ0) is 12.5. The number of hydrogen-bond donors (Lipinski definition) is 0. The molecule has 0 N–H and O–H groups in total. The summed E-state index contributed by atoms with van der Waals surface area (Å²) in [6, 6.07) is 5.75. The molecule has 1 rings (SSSR count). The van der Waals surface area contributed by atoms with Crippen LogP contribution in [-0.2, 0) is 9.47 Å². The van der Waals surface area contributed by atoms with Gasteiger partial charge in [0.2, 0.25) is 0 Å². The molecular formula is C13H17FO3. The van der Waals surface area contributed by atoms with Gasteiger partial charge in [-0.05, 0) is 18.6 Å². The van der Waals surface area contributed by atoms with Crippen LogP contribution >= 0.6 is 0 Å². The molecule has 0 aromatic heterocycles. The van der Waals surface area contributed by atoms with Gasteiger partial charge in [-0.25, -0.2) is 9.18 Å². The van der Waals surface area contributed by atoms with Crippen molar-refractivity contribution < 1.29 is 18.7 Å². The molecule has 0 aliphatic carbocycles. The largest absolute Gasteiger partial charge is 0.460 e. The third-order valence-corrected chi connectivity index (χ3v) is 2.20. The highest BCUT2D eigenvalue weighted by Gasteiger charge is 2.11. The van der Waals surface area contributed by atoms with E-state index in [1.807, 2.05) is 0 Å². The lowest BCUT2D eigenvalue weighted by molar-refractivity contribution is 0.0309. The average Bonchev–Trinajstić information content (AvgIpc) is 2.34. The molecule has 0 saturated heterocycles. The summed E-state index contributed by atoms with van der Waals surface area (Å²) < 4.78 is 23.3. The molecule has 0 atom stereocenters. The van der Waals surface area contributed by atoms with Gasteiger partial charge in [-0.1, -0.05) is 25.5 Å². The minimum atomic E-state index is -0.651. The Morgan fingerprint density at radius 2 is 2.00 bits per heavy atom. The van der Waals surface area contributed by atoms with Crippen LogP contribution in [0.15, 0.2) is 24.3 Å². The molecule has 94 valence electrons. The molecule has 0 amide bonds. The second-order valence-corrected chi connectivity index (χ2v) is 3.58. The van der Waals surface area contributed by atoms with Crippen LogP contribution in [0.4, 0.5) is 4.39 Å². The van der Waals surface area contributed by atoms with Gasteiger partial charge < -0.3 is 9.47 Å². The molecular weight excluding hydrogens is 223 g/mol. The number of unbranched alkanes of at least 4 members (excludes halogenated alkanes) is 1. The average molecular weight is 240 g/mol. The van der Waals surface area contributed by atoms with E-state index in [0.717, 1.165) is 12.8 Å². The Bertz CT molecular complexity index is 352. The van der Waals surface area contributed by atoms with Crippen molar-refractivity contribution in [3.63, 3.8) is 0 Å². The van der Waals surface area contributed by atoms with E-state index in [1.54, 1.807) is 6.07 Å². The number of ether oxygens (including phenoxy) is 2. The van der Waals surface area contributed by atoms with Gasteiger partial charge in [0.15, 0.2) is 0 Å². The third-order valence-electron chi connectivity index (χ3n) is 2.20. The number of carbonyl (C=O) groups excluding carboxylic acids is 1. The number of halogens is 1. The van der Waals surface area contributed by atoms with Crippen molar-refractivity contribution in [2.45, 2.75) is 19.8 Å². The monoisotopic (exact) mass is 240 g/mol. The summed E-state index contributed by atoms with van der Waals surface area (Å²) in [7, 11) is 0. The fourth-order valence-corrected chi connectivity index (χ4v) is 1.25. The molecule has 0 aliphatic rings. The molecule has 0 saturated carbocycles. The van der Waals surface area contributed by atoms with Crippen LogP contribution in [0.2, 0.25) is 0 Å². The Morgan fingerprint density at radius 3 is 2.71 bits per heavy atom. The number of benzene rings is 1. The molecule has 0 fully saturated rings. The van der Waals surface area contributed by atoms with Crippen LogP contribution in [0.1, 0.15) is 30.1 Å². The van der Waals surface area contributed by atoms with Gasteiger partial charge in [0.25, 0.3) is 0 Å². The normalized spacial score (nSPS) is 10.2. The second kappa shape index (κ2) is 7.79. The van der Waals surface area contributed by atoms with Gasteiger partial charge in [0.05, 0.1) is 12.2 Å². The molecule has 0 aliphatic heterocycles. The molecule has 0 unspecified atom stereocenters. The Labute approximate surface area is 101 Å². The van der Waals surface area contributed by atoms with E-state index < -0.39 is 11.8 Å². The minimum absolute atomic E-state index is 0.0407. The van der Waals surface area contributed by atoms with E-state index in [1.165, 1.54) is 18.2 Å². The van der Waals surface area contributed by atoms with Gasteiger partial charge in [-0.2, -0.15) is 0 Å². The standard InChI is InChI=1S/C13H17FO3/c1-2-3-8-16-9-10-17-13(15)11-6-4-5-7-12(11)14/h4-7H,2-3,8-10H2,1H3. The molecule has 0 bridgehead atoms. The minimum Gasteiger partial charge on any atom is -0.460 e. The molecule has 0 spiro atoms. The molecule has 0 heterocycles. The highest BCUT2D eigenvalue weighted by atomic mass is 19.1. The van der Waals surface area contributed by atoms with Crippen LogP contribution in [0.3, 0.4) is 0 Å². The molecule has 17 heavy (non-hydrogen) atoms. The van der Waals surface area contributed by atoms with E-state index in [0.29, 0.717) is 13.2 Å². The van der Waals surface area contributed by atoms with Gasteiger partial charge in [0, 0.05) is 6.61 Å². The van der Waals surface area contributed by atoms with Gasteiger partial charge in [0.1, 0.15) is 12.4 Å². The zero-order valence-electron chi connectivity index (χ0n) is 9.95. The first-order valence-electron chi connectivity index (χ1n) is 5.75. The van der Waals surface area contributed by atoms with E-state index in [2.05, 4.69) is 6.92 Å². The van der Waals surface area contributed by atoms with E-state index >= 15 is 0 Å². The predicted octanol–water partition coefficient (Wildman–Crippen LogP) is 2.80. The maximum absolute atomic E-state index is 13.2. The molecule has 4 heteroatoms. The fourth-order valence-electron chi connectivity index (χ4n) is 1.25. The van der Waals surface area contributed by atoms with Crippen molar-refractivity contribution in [3.05, 3.63) is 35.6 Å². The summed E-state index contributed by atoms with van der Waals surface area (Å²) in [5, 5.41) is 0. The number of esters is 1. The highest BCUT2D eigenvalue weighted by molar-refractivity contribution is 5.89. The van der Waals surface area contributed by atoms with Gasteiger partial charge in [-0.15, -0.1) is 0 Å². The van der Waals surface area contributed by atoms with E-state index in [-0.39, 0.29) is 12.2 Å². The fraction of sp³-hybridized carbons (Fsp3) is 0.462. The lowest BCUT2D eigenvalue weighted by Gasteiger charge is -2.06. The van der Waals surface area contributed by atoms with Crippen molar-refractivity contribution in [1.82, 2.24) is 0 Å². The summed E-state index contributed by atoms with van der Waals surface area (Å²) >= 11 is 0. The second-order valence-electron chi connectivity index (χ2n) is 3.58. The number of carbonyl (C=O) groups is 1. The predicted molar refractivity (Wildman–Crippen MR) is 62.4 cm³/mol. The van der Waals surface area contributed by atoms with Crippen LogP contribution in [-0.4, -0.2) is 25.8 Å². The summed E-state index contributed by atoms with van der Waals surface area (Å²) in [5.41, 5.74) is -0.0407. The van der Waals surface area contributed by atoms with E-state index in [4.69, 9.17) is 9.47 Å². The summed E-state index contributed by atoms with van der Waals surface area (Å²) in [6.45, 7) is 3.23. The lowest BCUT2D eigenvalue weighted by Crippen LogP contribution is -2.12. The SMILES string of the molecule is CCCCOCCOC(=O)c1ccccc1F. The van der Waals surface area contributed by atoms with Crippen LogP contribution in [0.25, 0.3) is 0 Å². The van der Waals surface area contributed by atoms with Crippen LogP contribution in [0, 0.1) is 5.82 Å². The molecule has 1 aromatic carbocycles. The molecule has 1 aromatic rings. The summed E-state index contributed by atoms with van der Waals surface area (Å²) in [5.74, 6) is -1.22. The van der Waals surface area contributed by atoms with E-state index in [9.17, 15) is 9.18 Å². The third kappa shape index (κ3) is 4.95. The number of hydrogen-bond acceptors (Lipinski definition) is 3. The van der Waals surface area contributed by atoms with Crippen molar-refractivity contribution in [1.29, 1.82) is 0 Å². The van der Waals surface area contributed by atoms with Gasteiger partial charge in [-0.3, -0.25) is 0 Å². The van der Waals surface area contributed by atoms with Crippen molar-refractivity contribution >= 4 is 5.97 Å². The quantitative estimate of drug-likeness (QED) is 0.543. The lowest BCUT2D eigenvalue weighted by atomic mass is 10.2. The Hall–Kier alpha value is -1.42. The van der Waals surface area contributed by atoms with Crippen molar-refractivity contribution in [2.24, 2.45) is 0 Å². The van der Waals surface area contributed by atoms with Crippen molar-refractivity contribution in [3.8, 4) is 0 Å². The Kier molecular flexibility index (Phi) is 6.25. The molecule has 0 radical (unpaired) electrons. The van der Waals surface area contributed by atoms with Crippen molar-refractivity contribution in [2.75, 3.05) is 19.8 Å². The summed E-state index contributed by atoms with van der Waals surface area (Å²) in [4.78, 5) is 11.4. The van der Waals surface area contributed by atoms with Crippen LogP contribution < -0.4 is 0 Å². The first-order valence-corrected chi connectivity index (χ1v) is 5.75. The first-order chi connectivity index (χ1) is 8.25. The first kappa shape index (κ1) is 13.6. The Balaban J connectivity index is 2.24. The maximum atomic E-state index is 13.2. The Morgan fingerprint density at radius 1 is 1.24 bits per heavy atom. The topological polar surface area (TPSA) is 35.5 Å². The molecule has 3 nitrogen and oxygen atoms in total. The summed E-state index contributed by atoms with van der Waals surface area (Å²) in [6.07, 6.45) is 2.05. The van der Waals surface area contributed by atoms with Gasteiger partial charge >= 0.3 is 5.97 Å².